The average Bonchev–Trinajstić information content (AvgIpc) is 2.82. The average molecular weight is 461 g/mol. The molecule has 2 heterocycles. The number of Topliss-reactive ketones (excluding diaryl/α,β-unsaturated/α-hetero) is 1. The molecule has 3 aromatic rings. The molecule has 2 aliphatic rings. The van der Waals surface area contributed by atoms with Gasteiger partial charge in [0.2, 0.25) is 0 Å². The minimum absolute atomic E-state index is 0.0483. The van der Waals surface area contributed by atoms with Gasteiger partial charge in [0, 0.05) is 41.5 Å². The molecule has 0 fully saturated rings. The topological polar surface area (TPSA) is 118 Å². The molecule has 2 aromatic carbocycles. The van der Waals surface area contributed by atoms with Gasteiger partial charge in [-0.05, 0) is 24.0 Å². The van der Waals surface area contributed by atoms with E-state index in [0.717, 1.165) is 11.3 Å². The molecule has 2 N–H and O–H groups in total. The van der Waals surface area contributed by atoms with Crippen LogP contribution in [-0.2, 0) is 10.5 Å². The van der Waals surface area contributed by atoms with E-state index in [-0.39, 0.29) is 17.0 Å². The fourth-order valence-electron chi connectivity index (χ4n) is 4.39. The number of nitro groups is 1. The molecule has 1 unspecified atom stereocenters. The Balaban J connectivity index is 1.59. The van der Waals surface area contributed by atoms with Crippen LogP contribution in [0.4, 0.5) is 11.5 Å². The second-order valence-corrected chi connectivity index (χ2v) is 8.95. The summed E-state index contributed by atoms with van der Waals surface area (Å²) in [4.78, 5) is 44.6. The lowest BCUT2D eigenvalue weighted by atomic mass is 9.76. The Morgan fingerprint density at radius 3 is 2.70 bits per heavy atom. The second kappa shape index (κ2) is 8.67. The highest BCUT2D eigenvalue weighted by molar-refractivity contribution is 7.98. The number of carbonyl (C=O) groups excluding carboxylic acids is 1. The lowest BCUT2D eigenvalue weighted by molar-refractivity contribution is -0.384. The molecule has 166 valence electrons. The Labute approximate surface area is 193 Å². The summed E-state index contributed by atoms with van der Waals surface area (Å²) in [5.74, 6) is 0.295. The van der Waals surface area contributed by atoms with E-state index in [1.54, 1.807) is 12.1 Å². The van der Waals surface area contributed by atoms with Gasteiger partial charge in [-0.25, -0.2) is 4.98 Å². The molecular formula is C24H20N4O4S. The zero-order chi connectivity index (χ0) is 22.9. The highest BCUT2D eigenvalue weighted by Gasteiger charge is 2.38. The first-order valence-electron chi connectivity index (χ1n) is 10.6. The monoisotopic (exact) mass is 460 g/mol. The summed E-state index contributed by atoms with van der Waals surface area (Å²) in [6.07, 6.45) is 1.75. The fourth-order valence-corrected chi connectivity index (χ4v) is 5.20. The number of H-pyrrole nitrogens is 1. The van der Waals surface area contributed by atoms with E-state index in [1.165, 1.54) is 23.9 Å². The van der Waals surface area contributed by atoms with Crippen LogP contribution in [0.1, 0.15) is 41.9 Å². The summed E-state index contributed by atoms with van der Waals surface area (Å²) < 4.78 is 0. The van der Waals surface area contributed by atoms with Gasteiger partial charge in [-0.3, -0.25) is 19.7 Å². The van der Waals surface area contributed by atoms with E-state index in [1.807, 2.05) is 30.3 Å². The highest BCUT2D eigenvalue weighted by Crippen LogP contribution is 2.44. The number of ketones is 1. The van der Waals surface area contributed by atoms with E-state index in [0.29, 0.717) is 52.7 Å². The van der Waals surface area contributed by atoms with Crippen LogP contribution in [-0.4, -0.2) is 20.7 Å². The number of aromatic nitrogens is 2. The molecule has 1 aromatic heterocycles. The number of nitrogens with zero attached hydrogens (tertiary/aromatic N) is 2. The first kappa shape index (κ1) is 21.1. The van der Waals surface area contributed by atoms with Crippen molar-refractivity contribution in [3.8, 4) is 0 Å². The Morgan fingerprint density at radius 1 is 1.09 bits per heavy atom. The van der Waals surface area contributed by atoms with Crippen LogP contribution in [0.5, 0.6) is 0 Å². The SMILES string of the molecule is O=C1CCCC2=C1C(c1cccc([N+](=O)[O-])c1)c1c(nc(SCc3ccccc3)[nH]c1=O)N2. The predicted molar refractivity (Wildman–Crippen MR) is 125 cm³/mol. The number of anilines is 1. The lowest BCUT2D eigenvalue weighted by Crippen LogP contribution is -2.32. The molecule has 9 heteroatoms. The number of nitro benzene ring substituents is 1. The van der Waals surface area contributed by atoms with Crippen molar-refractivity contribution in [3.05, 3.63) is 103 Å². The summed E-state index contributed by atoms with van der Waals surface area (Å²) in [7, 11) is 0. The molecule has 0 saturated carbocycles. The number of nitrogens with one attached hydrogen (secondary N) is 2. The molecule has 1 aliphatic heterocycles. The molecule has 0 spiro atoms. The minimum atomic E-state index is -0.701. The van der Waals surface area contributed by atoms with Crippen LogP contribution >= 0.6 is 11.8 Å². The number of benzene rings is 2. The molecule has 0 radical (unpaired) electrons. The predicted octanol–water partition coefficient (Wildman–Crippen LogP) is 4.53. The largest absolute Gasteiger partial charge is 0.343 e. The Morgan fingerprint density at radius 2 is 1.91 bits per heavy atom. The smallest absolute Gasteiger partial charge is 0.269 e. The first-order valence-corrected chi connectivity index (χ1v) is 11.6. The maximum atomic E-state index is 13.3. The van der Waals surface area contributed by atoms with Crippen molar-refractivity contribution < 1.29 is 9.72 Å². The zero-order valence-electron chi connectivity index (χ0n) is 17.5. The van der Waals surface area contributed by atoms with Crippen molar-refractivity contribution in [2.45, 2.75) is 36.1 Å². The third kappa shape index (κ3) is 4.07. The highest BCUT2D eigenvalue weighted by atomic mass is 32.2. The maximum Gasteiger partial charge on any atom is 0.269 e. The van der Waals surface area contributed by atoms with Crippen LogP contribution < -0.4 is 10.9 Å². The van der Waals surface area contributed by atoms with Gasteiger partial charge >= 0.3 is 0 Å². The molecular weight excluding hydrogens is 440 g/mol. The van der Waals surface area contributed by atoms with E-state index < -0.39 is 10.8 Å². The fraction of sp³-hybridized carbons (Fsp3) is 0.208. The summed E-state index contributed by atoms with van der Waals surface area (Å²) in [6, 6.07) is 16.0. The molecule has 0 saturated heterocycles. The van der Waals surface area contributed by atoms with Gasteiger partial charge in [0.1, 0.15) is 5.82 Å². The molecule has 33 heavy (non-hydrogen) atoms. The number of rotatable bonds is 5. The lowest BCUT2D eigenvalue weighted by Gasteiger charge is -2.32. The quantitative estimate of drug-likeness (QED) is 0.248. The number of aromatic amines is 1. The van der Waals surface area contributed by atoms with E-state index in [9.17, 15) is 19.7 Å². The normalized spacial score (nSPS) is 17.2. The van der Waals surface area contributed by atoms with Gasteiger partial charge in [0.15, 0.2) is 10.9 Å². The molecule has 1 aliphatic carbocycles. The molecule has 8 nitrogen and oxygen atoms in total. The number of non-ortho nitro benzene ring substituents is 1. The van der Waals surface area contributed by atoms with Crippen LogP contribution in [0.15, 0.2) is 75.8 Å². The van der Waals surface area contributed by atoms with Crippen molar-refractivity contribution in [3.63, 3.8) is 0 Å². The summed E-state index contributed by atoms with van der Waals surface area (Å²) >= 11 is 1.41. The molecule has 5 rings (SSSR count). The molecule has 0 bridgehead atoms. The molecule has 1 atom stereocenters. The second-order valence-electron chi connectivity index (χ2n) is 7.99. The number of hydrogen-bond acceptors (Lipinski definition) is 7. The van der Waals surface area contributed by atoms with E-state index in [2.05, 4.69) is 15.3 Å². The Kier molecular flexibility index (Phi) is 5.55. The standard InChI is InChI=1S/C24H20N4O4S/c29-18-11-5-10-17-20(18)19(15-8-4-9-16(12-15)28(31)32)21-22(25-17)26-24(27-23(21)30)33-13-14-6-2-1-3-7-14/h1-4,6-9,12,19H,5,10-11,13H2,(H2,25,26,27,30). The van der Waals surface area contributed by atoms with Crippen molar-refractivity contribution in [1.82, 2.24) is 9.97 Å². The van der Waals surface area contributed by atoms with E-state index in [4.69, 9.17) is 0 Å². The number of fused-ring (bicyclic) bond motifs is 1. The third-order valence-corrected chi connectivity index (χ3v) is 6.81. The van der Waals surface area contributed by atoms with Gasteiger partial charge in [-0.2, -0.15) is 0 Å². The number of hydrogen-bond donors (Lipinski definition) is 2. The van der Waals surface area contributed by atoms with Crippen molar-refractivity contribution in [2.75, 3.05) is 5.32 Å². The maximum absolute atomic E-state index is 13.3. The Hall–Kier alpha value is -3.72. The van der Waals surface area contributed by atoms with Gasteiger partial charge in [-0.1, -0.05) is 54.2 Å². The number of allylic oxidation sites excluding steroid dienone is 2. The van der Waals surface area contributed by atoms with Gasteiger partial charge in [0.25, 0.3) is 11.2 Å². The van der Waals surface area contributed by atoms with Crippen molar-refractivity contribution in [1.29, 1.82) is 0 Å². The van der Waals surface area contributed by atoms with Crippen LogP contribution in [0.3, 0.4) is 0 Å². The van der Waals surface area contributed by atoms with Crippen LogP contribution in [0, 0.1) is 10.1 Å². The van der Waals surface area contributed by atoms with Gasteiger partial charge in [0.05, 0.1) is 10.5 Å². The van der Waals surface area contributed by atoms with Crippen LogP contribution in [0.2, 0.25) is 0 Å². The number of carbonyl (C=O) groups is 1. The van der Waals surface area contributed by atoms with Gasteiger partial charge in [-0.15, -0.1) is 0 Å². The first-order chi connectivity index (χ1) is 16.0. The van der Waals surface area contributed by atoms with Crippen molar-refractivity contribution in [2.24, 2.45) is 0 Å². The minimum Gasteiger partial charge on any atom is -0.343 e. The molecule has 0 amide bonds. The Bertz CT molecular complexity index is 1350. The summed E-state index contributed by atoms with van der Waals surface area (Å²) in [5, 5.41) is 15.1. The summed E-state index contributed by atoms with van der Waals surface area (Å²) in [6.45, 7) is 0. The summed E-state index contributed by atoms with van der Waals surface area (Å²) in [5.41, 5.74) is 2.76. The van der Waals surface area contributed by atoms with E-state index >= 15 is 0 Å². The zero-order valence-corrected chi connectivity index (χ0v) is 18.4. The number of thioether (sulfide) groups is 1. The van der Waals surface area contributed by atoms with Crippen LogP contribution in [0.25, 0.3) is 0 Å². The van der Waals surface area contributed by atoms with Gasteiger partial charge < -0.3 is 10.3 Å². The van der Waals surface area contributed by atoms with Crippen molar-refractivity contribution >= 4 is 29.1 Å². The third-order valence-electron chi connectivity index (χ3n) is 5.87.